The van der Waals surface area contributed by atoms with Crippen molar-refractivity contribution in [2.24, 2.45) is 11.8 Å². The van der Waals surface area contributed by atoms with Crippen LogP contribution in [0.5, 0.6) is 0 Å². The summed E-state index contributed by atoms with van der Waals surface area (Å²) in [4.78, 5) is 48.0. The number of fused-ring (bicyclic) bond motifs is 5. The van der Waals surface area contributed by atoms with E-state index in [9.17, 15) is 24.5 Å². The normalized spacial score (nSPS) is 29.2. The summed E-state index contributed by atoms with van der Waals surface area (Å²) in [6, 6.07) is 11.2. The molecule has 2 fully saturated rings. The Morgan fingerprint density at radius 2 is 1.47 bits per heavy atom. The number of nitro groups is 1. The van der Waals surface area contributed by atoms with E-state index in [1.807, 2.05) is 0 Å². The minimum atomic E-state index is -2.15. The highest BCUT2D eigenvalue weighted by Crippen LogP contribution is 2.77. The molecule has 2 bridgehead atoms. The van der Waals surface area contributed by atoms with E-state index in [0.717, 1.165) is 11.1 Å². The maximum Gasteiger partial charge on any atom is 0.273 e. The Kier molecular flexibility index (Phi) is 6.67. The number of hydrogen-bond donors (Lipinski definition) is 0. The molecule has 198 valence electrons. The number of amides is 3. The van der Waals surface area contributed by atoms with Crippen LogP contribution in [0.25, 0.3) is 0 Å². The zero-order valence-electron chi connectivity index (χ0n) is 18.5. The molecular formula is C23H12Cl7N3O5. The molecule has 38 heavy (non-hydrogen) atoms. The third-order valence-electron chi connectivity index (χ3n) is 6.94. The van der Waals surface area contributed by atoms with E-state index < -0.39 is 48.6 Å². The van der Waals surface area contributed by atoms with Crippen LogP contribution in [0.15, 0.2) is 58.6 Å². The molecule has 15 heteroatoms. The van der Waals surface area contributed by atoms with Gasteiger partial charge < -0.3 is 0 Å². The molecule has 2 aromatic rings. The fraction of sp³-hybridized carbons (Fsp3) is 0.261. The number of hydrazine groups is 1. The van der Waals surface area contributed by atoms with Crippen LogP contribution in [0.3, 0.4) is 0 Å². The van der Waals surface area contributed by atoms with E-state index >= 15 is 0 Å². The molecular weight excluding hydrogens is 646 g/mol. The van der Waals surface area contributed by atoms with Gasteiger partial charge >= 0.3 is 0 Å². The highest BCUT2D eigenvalue weighted by atomic mass is 35.5. The Morgan fingerprint density at radius 3 is 2.00 bits per heavy atom. The first-order valence-electron chi connectivity index (χ1n) is 10.7. The summed E-state index contributed by atoms with van der Waals surface area (Å²) < 4.78 is -2.15. The molecule has 0 N–H and O–H groups in total. The first kappa shape index (κ1) is 27.8. The summed E-state index contributed by atoms with van der Waals surface area (Å²) in [6.45, 7) is -0.371. The number of nitro benzene ring substituents is 1. The molecule has 2 aliphatic carbocycles. The molecule has 2 aromatic carbocycles. The summed E-state index contributed by atoms with van der Waals surface area (Å²) >= 11 is 45.6. The van der Waals surface area contributed by atoms with Crippen molar-refractivity contribution < 1.29 is 19.3 Å². The van der Waals surface area contributed by atoms with E-state index in [1.165, 1.54) is 18.2 Å². The van der Waals surface area contributed by atoms with Gasteiger partial charge in [-0.2, -0.15) is 5.01 Å². The number of carbonyl (C=O) groups excluding carboxylic acids is 3. The molecule has 4 atom stereocenters. The van der Waals surface area contributed by atoms with Gasteiger partial charge in [-0.3, -0.25) is 24.5 Å². The van der Waals surface area contributed by atoms with Gasteiger partial charge in [0.25, 0.3) is 23.4 Å². The fourth-order valence-corrected chi connectivity index (χ4v) is 8.27. The summed E-state index contributed by atoms with van der Waals surface area (Å²) in [5, 5.41) is 12.4. The lowest BCUT2D eigenvalue weighted by atomic mass is 9.84. The highest BCUT2D eigenvalue weighted by Gasteiger charge is 2.88. The maximum atomic E-state index is 13.9. The number of nitrogens with zero attached hydrogens (tertiary/aromatic N) is 3. The molecule has 0 radical (unpaired) electrons. The van der Waals surface area contributed by atoms with E-state index in [4.69, 9.17) is 81.2 Å². The van der Waals surface area contributed by atoms with E-state index in [2.05, 4.69) is 0 Å². The lowest BCUT2D eigenvalue weighted by Gasteiger charge is -2.37. The molecule has 1 saturated heterocycles. The SMILES string of the molecule is O=C(c1cccc([N+](=O)[O-])c1)N(Cc1ccccc1Cl)N1C(=O)[C@@H]2[C@H](C1=O)[C@@]1(Cl)C(Cl)=C(Cl)[C@@]2(Cl)C1(Cl)Cl. The minimum absolute atomic E-state index is 0.175. The topological polar surface area (TPSA) is 101 Å². The number of non-ortho nitro benzene ring substituents is 1. The van der Waals surface area contributed by atoms with Crippen LogP contribution in [-0.2, 0) is 16.1 Å². The van der Waals surface area contributed by atoms with Crippen molar-refractivity contribution in [1.29, 1.82) is 0 Å². The quantitative estimate of drug-likeness (QED) is 0.164. The van der Waals surface area contributed by atoms with Crippen LogP contribution in [0.2, 0.25) is 5.02 Å². The molecule has 1 saturated carbocycles. The largest absolute Gasteiger partial charge is 0.273 e. The minimum Gasteiger partial charge on any atom is -0.272 e. The van der Waals surface area contributed by atoms with E-state index in [0.29, 0.717) is 10.6 Å². The molecule has 1 heterocycles. The smallest absolute Gasteiger partial charge is 0.272 e. The number of carbonyl (C=O) groups is 3. The lowest BCUT2D eigenvalue weighted by molar-refractivity contribution is -0.384. The molecule has 1 aliphatic heterocycles. The van der Waals surface area contributed by atoms with Gasteiger partial charge in [-0.1, -0.05) is 82.3 Å². The van der Waals surface area contributed by atoms with Crippen molar-refractivity contribution in [2.45, 2.75) is 20.6 Å². The molecule has 8 nitrogen and oxygen atoms in total. The molecule has 3 aliphatic rings. The monoisotopic (exact) mass is 655 g/mol. The third-order valence-corrected chi connectivity index (χ3v) is 11.6. The zero-order chi connectivity index (χ0) is 27.9. The van der Waals surface area contributed by atoms with Crippen molar-refractivity contribution >= 4 is 105 Å². The Labute approximate surface area is 250 Å². The molecule has 0 spiro atoms. The summed E-state index contributed by atoms with van der Waals surface area (Å²) in [7, 11) is 0. The van der Waals surface area contributed by atoms with Crippen molar-refractivity contribution in [3.05, 3.63) is 84.9 Å². The second kappa shape index (κ2) is 9.13. The van der Waals surface area contributed by atoms with Gasteiger partial charge in [0.05, 0.1) is 33.4 Å². The Morgan fingerprint density at radius 1 is 0.921 bits per heavy atom. The number of rotatable bonds is 5. The van der Waals surface area contributed by atoms with Gasteiger partial charge in [-0.05, 0) is 17.7 Å². The average Bonchev–Trinajstić information content (AvgIpc) is 3.26. The standard InChI is InChI=1S/C23H12Cl7N3O5/c24-13-7-2-1-4-11(13)9-31(18(34)10-5-3-6-12(8-10)33(37)38)32-19(35)14-15(20(32)36)22(28)17(26)16(25)21(14,27)23(22,29)30/h1-8,14-15H,9H2/t14-,15+,21-,22-/m1/s1. The number of imide groups is 1. The van der Waals surface area contributed by atoms with Crippen molar-refractivity contribution in [3.63, 3.8) is 0 Å². The summed E-state index contributed by atoms with van der Waals surface area (Å²) in [6.07, 6.45) is 0. The van der Waals surface area contributed by atoms with Crippen LogP contribution in [-0.4, -0.2) is 46.7 Å². The van der Waals surface area contributed by atoms with Gasteiger partial charge in [-0.15, -0.1) is 23.2 Å². The Balaban J connectivity index is 1.64. The number of hydrogen-bond acceptors (Lipinski definition) is 5. The number of alkyl halides is 4. The first-order valence-corrected chi connectivity index (χ1v) is 13.3. The van der Waals surface area contributed by atoms with Crippen LogP contribution in [0.4, 0.5) is 5.69 Å². The highest BCUT2D eigenvalue weighted by molar-refractivity contribution is 6.66. The third kappa shape index (κ3) is 3.41. The molecule has 0 unspecified atom stereocenters. The van der Waals surface area contributed by atoms with Gasteiger partial charge in [0.2, 0.25) is 0 Å². The van der Waals surface area contributed by atoms with Crippen LogP contribution < -0.4 is 0 Å². The second-order valence-electron chi connectivity index (χ2n) is 8.83. The predicted octanol–water partition coefficient (Wildman–Crippen LogP) is 6.25. The van der Waals surface area contributed by atoms with E-state index in [-0.39, 0.29) is 32.9 Å². The van der Waals surface area contributed by atoms with Gasteiger partial charge in [0.15, 0.2) is 4.33 Å². The van der Waals surface area contributed by atoms with E-state index in [1.54, 1.807) is 24.3 Å². The zero-order valence-corrected chi connectivity index (χ0v) is 23.8. The maximum absolute atomic E-state index is 13.9. The van der Waals surface area contributed by atoms with Crippen LogP contribution >= 0.6 is 81.2 Å². The predicted molar refractivity (Wildman–Crippen MR) is 144 cm³/mol. The van der Waals surface area contributed by atoms with Crippen molar-refractivity contribution in [1.82, 2.24) is 10.0 Å². The fourth-order valence-electron chi connectivity index (χ4n) is 5.14. The number of benzene rings is 2. The first-order chi connectivity index (χ1) is 17.7. The summed E-state index contributed by atoms with van der Waals surface area (Å²) in [5.74, 6) is -5.80. The van der Waals surface area contributed by atoms with Gasteiger partial charge in [0.1, 0.15) is 9.75 Å². The lowest BCUT2D eigenvalue weighted by Crippen LogP contribution is -2.55. The summed E-state index contributed by atoms with van der Waals surface area (Å²) in [5.41, 5.74) is -0.182. The van der Waals surface area contributed by atoms with Gasteiger partial charge in [0, 0.05) is 22.7 Å². The molecule has 0 aromatic heterocycles. The molecule has 3 amide bonds. The average molecular weight is 659 g/mol. The van der Waals surface area contributed by atoms with Crippen molar-refractivity contribution in [2.75, 3.05) is 0 Å². The van der Waals surface area contributed by atoms with Crippen LogP contribution in [0, 0.1) is 22.0 Å². The molecule has 5 rings (SSSR count). The second-order valence-corrected chi connectivity index (χ2v) is 12.5. The Bertz CT molecular complexity index is 1440. The van der Waals surface area contributed by atoms with Gasteiger partial charge in [-0.25, -0.2) is 5.01 Å². The Hall–Kier alpha value is -1.78. The number of allylic oxidation sites excluding steroid dienone is 2. The van der Waals surface area contributed by atoms with Crippen LogP contribution in [0.1, 0.15) is 15.9 Å². The van der Waals surface area contributed by atoms with Crippen molar-refractivity contribution in [3.8, 4) is 0 Å². The number of halogens is 7.